The number of hydrogen-bond acceptors (Lipinski definition) is 3. The molecular weight excluding hydrogens is 845 g/mol. The molecule has 0 saturated heterocycles. The molecule has 4 aromatic carbocycles. The average molecular weight is 927 g/mol. The lowest BCUT2D eigenvalue weighted by molar-refractivity contribution is 0.418. The molecule has 0 unspecified atom stereocenters. The smallest absolute Gasteiger partial charge is 0.173 e. The van der Waals surface area contributed by atoms with Crippen LogP contribution in [0, 0.1) is 6.92 Å². The van der Waals surface area contributed by atoms with Crippen LogP contribution in [0.5, 0.6) is 0 Å². The van der Waals surface area contributed by atoms with Crippen molar-refractivity contribution in [1.29, 1.82) is 0 Å². The maximum absolute atomic E-state index is 10.4. The molecule has 0 heterocycles. The zero-order chi connectivity index (χ0) is 45.3. The van der Waals surface area contributed by atoms with Crippen molar-refractivity contribution in [2.45, 2.75) is 255 Å². The van der Waals surface area contributed by atoms with E-state index < -0.39 is 10.1 Å². The maximum atomic E-state index is 10.4. The van der Waals surface area contributed by atoms with Gasteiger partial charge in [-0.1, -0.05) is 176 Å². The predicted octanol–water partition coefficient (Wildman–Crippen LogP) is 18.0. The Morgan fingerprint density at radius 1 is 0.394 bits per heavy atom. The lowest BCUT2D eigenvalue weighted by Gasteiger charge is -2.34. The molecule has 6 saturated carbocycles. The minimum atomic E-state index is -4.27. The number of benzene rings is 4. The quantitative estimate of drug-likeness (QED) is 0.118. The highest BCUT2D eigenvalue weighted by atomic mass is 32.2. The first-order chi connectivity index (χ1) is 32.3. The molecule has 5 heteroatoms. The van der Waals surface area contributed by atoms with Gasteiger partial charge in [0.2, 0.25) is 0 Å². The van der Waals surface area contributed by atoms with E-state index in [0.717, 1.165) is 41.1 Å². The van der Waals surface area contributed by atoms with Crippen molar-refractivity contribution in [1.82, 2.24) is 0 Å². The fraction of sp³-hybridized carbons (Fsp3) is 0.607. The van der Waals surface area contributed by atoms with E-state index in [1.54, 1.807) is 28.2 Å². The molecule has 0 bridgehead atoms. The minimum absolute atomic E-state index is 0.0940. The van der Waals surface area contributed by atoms with E-state index in [1.165, 1.54) is 205 Å². The third kappa shape index (κ3) is 11.8. The van der Waals surface area contributed by atoms with Gasteiger partial charge >= 0.3 is 0 Å². The van der Waals surface area contributed by atoms with E-state index >= 15 is 0 Å². The van der Waals surface area contributed by atoms with E-state index in [-0.39, 0.29) is 15.8 Å². The number of hydrogen-bond donors (Lipinski definition) is 0. The Bertz CT molecular complexity index is 2060. The van der Waals surface area contributed by atoms with Gasteiger partial charge in [-0.25, -0.2) is 8.42 Å². The van der Waals surface area contributed by atoms with Crippen LogP contribution in [0.25, 0.3) is 0 Å². The van der Waals surface area contributed by atoms with Crippen molar-refractivity contribution >= 4 is 21.0 Å². The van der Waals surface area contributed by atoms with Crippen molar-refractivity contribution in [2.75, 3.05) is 0 Å². The van der Waals surface area contributed by atoms with Gasteiger partial charge in [0, 0.05) is 22.3 Å². The van der Waals surface area contributed by atoms with E-state index in [4.69, 9.17) is 0 Å². The summed E-state index contributed by atoms with van der Waals surface area (Å²) in [5, 5.41) is 0. The van der Waals surface area contributed by atoms with Crippen molar-refractivity contribution in [3.8, 4) is 0 Å². The van der Waals surface area contributed by atoms with Crippen LogP contribution in [0.15, 0.2) is 98.4 Å². The van der Waals surface area contributed by atoms with E-state index in [2.05, 4.69) is 54.6 Å². The van der Waals surface area contributed by atoms with Crippen molar-refractivity contribution in [3.05, 3.63) is 118 Å². The molecule has 6 fully saturated rings. The fourth-order valence-corrected chi connectivity index (χ4v) is 17.1. The van der Waals surface area contributed by atoms with Crippen molar-refractivity contribution < 1.29 is 13.0 Å². The molecule has 0 radical (unpaired) electrons. The topological polar surface area (TPSA) is 57.2 Å². The van der Waals surface area contributed by atoms with Gasteiger partial charge in [0.05, 0.1) is 4.90 Å². The van der Waals surface area contributed by atoms with Gasteiger partial charge in [-0.05, 0) is 155 Å². The second-order valence-electron chi connectivity index (χ2n) is 22.0. The van der Waals surface area contributed by atoms with Crippen LogP contribution in [0.3, 0.4) is 0 Å². The highest BCUT2D eigenvalue weighted by Crippen LogP contribution is 2.54. The summed E-state index contributed by atoms with van der Waals surface area (Å²) in [5.74, 6) is 4.46. The first-order valence-electron chi connectivity index (χ1n) is 27.5. The summed E-state index contributed by atoms with van der Waals surface area (Å²) in [4.78, 5) is 5.18. The first kappa shape index (κ1) is 48.2. The normalized spacial score (nSPS) is 21.7. The second-order valence-corrected chi connectivity index (χ2v) is 25.2. The monoisotopic (exact) mass is 927 g/mol. The lowest BCUT2D eigenvalue weighted by Crippen LogP contribution is -2.23. The molecule has 0 amide bonds. The zero-order valence-electron chi connectivity index (χ0n) is 40.7. The van der Waals surface area contributed by atoms with Gasteiger partial charge in [0.25, 0.3) is 0 Å². The van der Waals surface area contributed by atoms with Crippen LogP contribution in [0.4, 0.5) is 0 Å². The van der Waals surface area contributed by atoms with Crippen LogP contribution in [-0.2, 0) is 21.0 Å². The second kappa shape index (κ2) is 23.2. The third-order valence-electron chi connectivity index (χ3n) is 17.4. The predicted molar refractivity (Wildman–Crippen MR) is 276 cm³/mol. The van der Waals surface area contributed by atoms with Crippen LogP contribution in [0.1, 0.15) is 267 Å². The Labute approximate surface area is 404 Å². The molecule has 356 valence electrons. The van der Waals surface area contributed by atoms with Gasteiger partial charge in [-0.3, -0.25) is 0 Å². The Hall–Kier alpha value is -2.86. The van der Waals surface area contributed by atoms with Crippen LogP contribution >= 0.6 is 0 Å². The van der Waals surface area contributed by atoms with Crippen LogP contribution < -0.4 is 0 Å². The Morgan fingerprint density at radius 2 is 0.682 bits per heavy atom. The molecule has 4 aromatic rings. The molecule has 66 heavy (non-hydrogen) atoms. The van der Waals surface area contributed by atoms with Gasteiger partial charge in [-0.15, -0.1) is 0 Å². The van der Waals surface area contributed by atoms with Crippen LogP contribution in [-0.4, -0.2) is 13.0 Å². The minimum Gasteiger partial charge on any atom is -0.744 e. The summed E-state index contributed by atoms with van der Waals surface area (Å²) in [6.45, 7) is 1.82. The number of aryl methyl sites for hydroxylation is 1. The van der Waals surface area contributed by atoms with Crippen LogP contribution in [0.2, 0.25) is 0 Å². The Morgan fingerprint density at radius 3 is 0.970 bits per heavy atom. The van der Waals surface area contributed by atoms with Crippen molar-refractivity contribution in [2.24, 2.45) is 0 Å². The standard InChI is InChI=1S/C54H75S.C7H8O3S/c1-8-22-40(23-9-1)46-36-49(42-26-12-3-13-27-42)53(50(37-46)43-28-14-4-15-29-43)55(48-34-20-7-21-35-48)54-51(44-30-16-5-17-31-44)38-47(41-24-10-2-11-25-41)39-52(54)45-32-18-6-19-33-45;1-6-2-4-7(5-3-6)11(8,9)10/h7,20-21,34-45H,1-6,8-19,22-33H2;2-5H,1H3,(H,8,9,10)/q+1;/p-1. The maximum Gasteiger partial charge on any atom is 0.173 e. The first-order valence-corrected chi connectivity index (χ1v) is 30.1. The highest BCUT2D eigenvalue weighted by Gasteiger charge is 2.44. The summed E-state index contributed by atoms with van der Waals surface area (Å²) in [7, 11) is -4.36. The largest absolute Gasteiger partial charge is 0.744 e. The molecule has 3 nitrogen and oxygen atoms in total. The molecular formula is C61H82O3S2. The third-order valence-corrected chi connectivity index (χ3v) is 20.7. The summed E-state index contributed by atoms with van der Waals surface area (Å²) in [6, 6.07) is 29.7. The van der Waals surface area contributed by atoms with Crippen molar-refractivity contribution in [3.63, 3.8) is 0 Å². The van der Waals surface area contributed by atoms with E-state index in [0.29, 0.717) is 0 Å². The number of rotatable bonds is 10. The highest BCUT2D eigenvalue weighted by molar-refractivity contribution is 7.97. The molecule has 0 atom stereocenters. The van der Waals surface area contributed by atoms with Gasteiger partial charge in [0.15, 0.2) is 14.7 Å². The summed E-state index contributed by atoms with van der Waals surface area (Å²) in [6.07, 6.45) is 42.7. The molecule has 0 aromatic heterocycles. The molecule has 6 aliphatic carbocycles. The van der Waals surface area contributed by atoms with Gasteiger partial charge in [-0.2, -0.15) is 0 Å². The average Bonchev–Trinajstić information content (AvgIpc) is 3.38. The summed E-state index contributed by atoms with van der Waals surface area (Å²) in [5.41, 5.74) is 11.8. The van der Waals surface area contributed by atoms with Gasteiger partial charge < -0.3 is 4.55 Å². The van der Waals surface area contributed by atoms with E-state index in [1.807, 2.05) is 39.0 Å². The molecule has 6 aliphatic rings. The fourth-order valence-electron chi connectivity index (χ4n) is 13.7. The molecule has 10 rings (SSSR count). The Balaban J connectivity index is 0.000000439. The van der Waals surface area contributed by atoms with E-state index in [9.17, 15) is 13.0 Å². The molecule has 0 aliphatic heterocycles. The Kier molecular flexibility index (Phi) is 16.9. The van der Waals surface area contributed by atoms with Gasteiger partial charge in [0.1, 0.15) is 21.0 Å². The zero-order valence-corrected chi connectivity index (χ0v) is 42.4. The SMILES string of the molecule is Cc1ccc(S(=O)(=O)[O-])cc1.c1ccc([S+](c2c(C3CCCCC3)cc(C3CCCCC3)cc2C2CCCCC2)c2c(C3CCCCC3)cc(C3CCCCC3)cc2C2CCCCC2)cc1. The summed E-state index contributed by atoms with van der Waals surface area (Å²) < 4.78 is 31.2. The molecule has 0 spiro atoms. The lowest BCUT2D eigenvalue weighted by atomic mass is 9.76. The molecule has 0 N–H and O–H groups in total. The summed E-state index contributed by atoms with van der Waals surface area (Å²) >= 11 is 0.